The third-order valence-corrected chi connectivity index (χ3v) is 6.53. The van der Waals surface area contributed by atoms with Gasteiger partial charge in [-0.1, -0.05) is 48.0 Å². The van der Waals surface area contributed by atoms with Gasteiger partial charge in [0.1, 0.15) is 12.4 Å². The van der Waals surface area contributed by atoms with Crippen LogP contribution in [0.4, 0.5) is 0 Å². The predicted octanol–water partition coefficient (Wildman–Crippen LogP) is 4.25. The number of sulfonamides is 1. The number of fused-ring (bicyclic) bond motifs is 1. The lowest BCUT2D eigenvalue weighted by molar-refractivity contribution is 0.269. The monoisotopic (exact) mass is 450 g/mol. The molecular weight excluding hydrogens is 424 g/mol. The molecule has 0 saturated carbocycles. The minimum Gasteiger partial charge on any atom is -0.490 e. The zero-order valence-corrected chi connectivity index (χ0v) is 19.0. The van der Waals surface area contributed by atoms with E-state index < -0.39 is 10.0 Å². The summed E-state index contributed by atoms with van der Waals surface area (Å²) in [5.74, 6) is 1.52. The summed E-state index contributed by atoms with van der Waals surface area (Å²) >= 11 is 0. The van der Waals surface area contributed by atoms with Crippen LogP contribution >= 0.6 is 0 Å². The highest BCUT2D eigenvalue weighted by molar-refractivity contribution is 7.90. The van der Waals surface area contributed by atoms with Crippen molar-refractivity contribution in [3.63, 3.8) is 0 Å². The number of ether oxygens (including phenoxy) is 2. The standard InChI is InChI=1S/C25H26N2O4S/c1-3-30-24-16-22-20(15-23(24)31-17-19-7-5-4-6-8-19)13-14-26-25(22)27-32(28,29)21-11-9-18(2)10-12-21/h4-12,15-16H,3,13-14,17H2,1-2H3,(H,26,27). The summed E-state index contributed by atoms with van der Waals surface area (Å²) < 4.78 is 40.3. The van der Waals surface area contributed by atoms with E-state index in [1.165, 1.54) is 0 Å². The summed E-state index contributed by atoms with van der Waals surface area (Å²) in [5.41, 5.74) is 3.73. The third kappa shape index (κ3) is 4.94. The van der Waals surface area contributed by atoms with Crippen LogP contribution in [0.25, 0.3) is 0 Å². The molecule has 0 fully saturated rings. The molecule has 4 rings (SSSR count). The van der Waals surface area contributed by atoms with Crippen molar-refractivity contribution in [1.29, 1.82) is 0 Å². The maximum absolute atomic E-state index is 12.9. The Hall–Kier alpha value is -3.32. The molecule has 1 aliphatic heterocycles. The van der Waals surface area contributed by atoms with E-state index in [9.17, 15) is 8.42 Å². The van der Waals surface area contributed by atoms with Crippen LogP contribution in [0, 0.1) is 6.92 Å². The van der Waals surface area contributed by atoms with Crippen molar-refractivity contribution in [3.05, 3.63) is 89.0 Å². The highest BCUT2D eigenvalue weighted by Gasteiger charge is 2.23. The number of benzene rings is 3. The molecule has 0 radical (unpaired) electrons. The Bertz CT molecular complexity index is 1220. The second-order valence-corrected chi connectivity index (χ2v) is 9.24. The van der Waals surface area contributed by atoms with Crippen molar-refractivity contribution in [2.75, 3.05) is 13.2 Å². The Labute approximate surface area is 189 Å². The molecule has 3 aromatic rings. The summed E-state index contributed by atoms with van der Waals surface area (Å²) in [6, 6.07) is 20.4. The minimum atomic E-state index is -3.75. The van der Waals surface area contributed by atoms with Crippen LogP contribution in [0.1, 0.15) is 29.2 Å². The van der Waals surface area contributed by atoms with Crippen molar-refractivity contribution in [1.82, 2.24) is 4.72 Å². The second kappa shape index (κ2) is 9.44. The van der Waals surface area contributed by atoms with Crippen molar-refractivity contribution >= 4 is 15.9 Å². The first kappa shape index (κ1) is 21.9. The molecule has 1 heterocycles. The van der Waals surface area contributed by atoms with Gasteiger partial charge in [-0.3, -0.25) is 9.71 Å². The maximum Gasteiger partial charge on any atom is 0.263 e. The van der Waals surface area contributed by atoms with Gasteiger partial charge in [-0.05, 0) is 55.7 Å². The summed E-state index contributed by atoms with van der Waals surface area (Å²) in [6.07, 6.45) is 0.694. The van der Waals surface area contributed by atoms with Crippen LogP contribution in [0.3, 0.4) is 0 Å². The van der Waals surface area contributed by atoms with E-state index >= 15 is 0 Å². The van der Waals surface area contributed by atoms with E-state index in [2.05, 4.69) is 9.71 Å². The zero-order chi connectivity index (χ0) is 22.6. The Balaban J connectivity index is 1.62. The number of hydrogen-bond acceptors (Lipinski definition) is 5. The van der Waals surface area contributed by atoms with Crippen LogP contribution in [-0.2, 0) is 23.1 Å². The molecule has 1 N–H and O–H groups in total. The molecule has 0 spiro atoms. The number of aliphatic imine (C=N–C) groups is 1. The second-order valence-electron chi connectivity index (χ2n) is 7.56. The molecule has 0 atom stereocenters. The van der Waals surface area contributed by atoms with Crippen LogP contribution in [0.15, 0.2) is 76.6 Å². The predicted molar refractivity (Wildman–Crippen MR) is 125 cm³/mol. The SMILES string of the molecule is CCOc1cc2c(cc1OCc1ccccc1)CCN=C2NS(=O)(=O)c1ccc(C)cc1. The Morgan fingerprint density at radius 3 is 2.41 bits per heavy atom. The van der Waals surface area contributed by atoms with Gasteiger partial charge in [-0.15, -0.1) is 0 Å². The lowest BCUT2D eigenvalue weighted by Crippen LogP contribution is -2.34. The fraction of sp³-hybridized carbons (Fsp3) is 0.240. The minimum absolute atomic E-state index is 0.200. The van der Waals surface area contributed by atoms with Crippen molar-refractivity contribution in [3.8, 4) is 11.5 Å². The third-order valence-electron chi connectivity index (χ3n) is 5.18. The van der Waals surface area contributed by atoms with Gasteiger partial charge in [0.2, 0.25) is 0 Å². The smallest absolute Gasteiger partial charge is 0.263 e. The van der Waals surface area contributed by atoms with Gasteiger partial charge in [0.05, 0.1) is 11.5 Å². The summed E-state index contributed by atoms with van der Waals surface area (Å²) in [6.45, 7) is 5.18. The number of aryl methyl sites for hydroxylation is 1. The number of nitrogens with zero attached hydrogens (tertiary/aromatic N) is 1. The van der Waals surface area contributed by atoms with E-state index in [4.69, 9.17) is 9.47 Å². The van der Waals surface area contributed by atoms with E-state index in [0.717, 1.165) is 16.7 Å². The molecule has 0 saturated heterocycles. The number of rotatable bonds is 7. The van der Waals surface area contributed by atoms with Gasteiger partial charge in [0, 0.05) is 12.1 Å². The van der Waals surface area contributed by atoms with Crippen LogP contribution in [-0.4, -0.2) is 27.4 Å². The van der Waals surface area contributed by atoms with Gasteiger partial charge in [0.15, 0.2) is 11.5 Å². The molecule has 0 amide bonds. The number of amidine groups is 1. The first-order chi connectivity index (χ1) is 15.5. The first-order valence-corrected chi connectivity index (χ1v) is 12.1. The first-order valence-electron chi connectivity index (χ1n) is 10.6. The van der Waals surface area contributed by atoms with Gasteiger partial charge in [-0.2, -0.15) is 0 Å². The molecule has 0 aromatic heterocycles. The van der Waals surface area contributed by atoms with E-state index in [1.807, 2.05) is 56.3 Å². The van der Waals surface area contributed by atoms with Crippen LogP contribution in [0.2, 0.25) is 0 Å². The van der Waals surface area contributed by atoms with Crippen molar-refractivity contribution in [2.24, 2.45) is 4.99 Å². The summed E-state index contributed by atoms with van der Waals surface area (Å²) in [4.78, 5) is 4.65. The van der Waals surface area contributed by atoms with Gasteiger partial charge in [-0.25, -0.2) is 8.42 Å². The van der Waals surface area contributed by atoms with Gasteiger partial charge in [0.25, 0.3) is 10.0 Å². The average molecular weight is 451 g/mol. The summed E-state index contributed by atoms with van der Waals surface area (Å²) in [7, 11) is -3.75. The molecule has 166 valence electrons. The van der Waals surface area contributed by atoms with Gasteiger partial charge < -0.3 is 9.47 Å². The average Bonchev–Trinajstić information content (AvgIpc) is 2.79. The molecule has 6 nitrogen and oxygen atoms in total. The quantitative estimate of drug-likeness (QED) is 0.584. The highest BCUT2D eigenvalue weighted by atomic mass is 32.2. The molecule has 1 aliphatic rings. The van der Waals surface area contributed by atoms with Crippen LogP contribution in [0.5, 0.6) is 11.5 Å². The van der Waals surface area contributed by atoms with Gasteiger partial charge >= 0.3 is 0 Å². The number of hydrogen-bond donors (Lipinski definition) is 1. The fourth-order valence-corrected chi connectivity index (χ4v) is 4.55. The highest BCUT2D eigenvalue weighted by Crippen LogP contribution is 2.33. The molecule has 0 aliphatic carbocycles. The largest absolute Gasteiger partial charge is 0.490 e. The van der Waals surface area contributed by atoms with E-state index in [-0.39, 0.29) is 4.90 Å². The fourth-order valence-electron chi connectivity index (χ4n) is 3.51. The molecule has 0 bridgehead atoms. The molecular formula is C25H26N2O4S. The lowest BCUT2D eigenvalue weighted by Gasteiger charge is -2.21. The van der Waals surface area contributed by atoms with Crippen LogP contribution < -0.4 is 14.2 Å². The molecule has 3 aromatic carbocycles. The number of nitrogens with one attached hydrogen (secondary N) is 1. The van der Waals surface area contributed by atoms with Crippen molar-refractivity contribution in [2.45, 2.75) is 31.8 Å². The molecule has 0 unspecified atom stereocenters. The topological polar surface area (TPSA) is 77.0 Å². The Kier molecular flexibility index (Phi) is 6.46. The molecule has 32 heavy (non-hydrogen) atoms. The van der Waals surface area contributed by atoms with E-state index in [1.54, 1.807) is 24.3 Å². The summed E-state index contributed by atoms with van der Waals surface area (Å²) in [5, 5.41) is 0. The molecule has 7 heteroatoms. The lowest BCUT2D eigenvalue weighted by atomic mass is 10.00. The Morgan fingerprint density at radius 2 is 1.69 bits per heavy atom. The van der Waals surface area contributed by atoms with Crippen molar-refractivity contribution < 1.29 is 17.9 Å². The normalized spacial score (nSPS) is 13.1. The Morgan fingerprint density at radius 1 is 0.969 bits per heavy atom. The zero-order valence-electron chi connectivity index (χ0n) is 18.2. The van der Waals surface area contributed by atoms with E-state index in [0.29, 0.717) is 49.1 Å². The maximum atomic E-state index is 12.9.